The Balaban J connectivity index is 1.73. The molecule has 0 unspecified atom stereocenters. The molecule has 0 aromatic heterocycles. The highest BCUT2D eigenvalue weighted by atomic mass is 16.5. The second kappa shape index (κ2) is 10.2. The first-order chi connectivity index (χ1) is 13.9. The highest BCUT2D eigenvalue weighted by Crippen LogP contribution is 2.45. The molecule has 1 heterocycles. The summed E-state index contributed by atoms with van der Waals surface area (Å²) < 4.78 is 5.88. The van der Waals surface area contributed by atoms with Crippen molar-refractivity contribution in [1.29, 1.82) is 0 Å². The van der Waals surface area contributed by atoms with Gasteiger partial charge < -0.3 is 9.64 Å². The van der Waals surface area contributed by atoms with Gasteiger partial charge in [-0.05, 0) is 74.5 Å². The number of rotatable bonds is 7. The molecule has 0 N–H and O–H groups in total. The van der Waals surface area contributed by atoms with E-state index in [1.165, 1.54) is 63.8 Å². The van der Waals surface area contributed by atoms with Crippen molar-refractivity contribution in [3.63, 3.8) is 0 Å². The number of piperazine rings is 1. The van der Waals surface area contributed by atoms with Crippen molar-refractivity contribution < 1.29 is 4.74 Å². The van der Waals surface area contributed by atoms with Gasteiger partial charge in [-0.15, -0.1) is 0 Å². The highest BCUT2D eigenvalue weighted by Gasteiger charge is 2.32. The van der Waals surface area contributed by atoms with Gasteiger partial charge in [-0.2, -0.15) is 0 Å². The summed E-state index contributed by atoms with van der Waals surface area (Å²) in [4.78, 5) is 5.27. The maximum absolute atomic E-state index is 5.88. The molecule has 0 atom stereocenters. The van der Waals surface area contributed by atoms with Gasteiger partial charge >= 0.3 is 0 Å². The third-order valence-corrected chi connectivity index (χ3v) is 7.25. The van der Waals surface area contributed by atoms with Gasteiger partial charge in [0.25, 0.3) is 0 Å². The van der Waals surface area contributed by atoms with Crippen molar-refractivity contribution >= 4 is 5.69 Å². The summed E-state index contributed by atoms with van der Waals surface area (Å²) in [5.74, 6) is 2.60. The average Bonchev–Trinajstić information content (AvgIpc) is 2.72. The first-order valence-corrected chi connectivity index (χ1v) is 12.2. The molecule has 3 heteroatoms. The van der Waals surface area contributed by atoms with Crippen LogP contribution in [0.2, 0.25) is 0 Å². The summed E-state index contributed by atoms with van der Waals surface area (Å²) in [5, 5.41) is 0. The lowest BCUT2D eigenvalue weighted by Crippen LogP contribution is -2.47. The number of hydrogen-bond acceptors (Lipinski definition) is 3. The van der Waals surface area contributed by atoms with Gasteiger partial charge in [0.2, 0.25) is 0 Å². The third-order valence-electron chi connectivity index (χ3n) is 7.25. The minimum absolute atomic E-state index is 0.446. The quantitative estimate of drug-likeness (QED) is 0.532. The molecule has 3 nitrogen and oxygen atoms in total. The van der Waals surface area contributed by atoms with Gasteiger partial charge in [-0.25, -0.2) is 0 Å². The second-order valence-corrected chi connectivity index (χ2v) is 10.3. The molecular weight excluding hydrogens is 356 g/mol. The normalized spacial score (nSPS) is 24.0. The van der Waals surface area contributed by atoms with Crippen LogP contribution in [0, 0.1) is 11.3 Å². The fourth-order valence-electron chi connectivity index (χ4n) is 5.26. The van der Waals surface area contributed by atoms with Gasteiger partial charge in [-0.3, -0.25) is 4.90 Å². The summed E-state index contributed by atoms with van der Waals surface area (Å²) in [6, 6.07) is 6.91. The Bertz CT molecular complexity index is 620. The first kappa shape index (κ1) is 22.5. The Kier molecular flexibility index (Phi) is 7.90. The Morgan fingerprint density at radius 2 is 1.66 bits per heavy atom. The molecule has 164 valence electrons. The van der Waals surface area contributed by atoms with Crippen LogP contribution in [0.4, 0.5) is 5.69 Å². The Labute approximate surface area is 179 Å². The molecule has 1 aromatic rings. The topological polar surface area (TPSA) is 15.7 Å². The van der Waals surface area contributed by atoms with Crippen LogP contribution in [0.5, 0.6) is 5.75 Å². The largest absolute Gasteiger partial charge is 0.494 e. The fourth-order valence-corrected chi connectivity index (χ4v) is 5.26. The maximum Gasteiger partial charge on any atom is 0.121 e. The average molecular weight is 401 g/mol. The molecule has 29 heavy (non-hydrogen) atoms. The second-order valence-electron chi connectivity index (χ2n) is 10.3. The van der Waals surface area contributed by atoms with E-state index >= 15 is 0 Å². The van der Waals surface area contributed by atoms with E-state index in [2.05, 4.69) is 62.6 Å². The van der Waals surface area contributed by atoms with Gasteiger partial charge in [0.15, 0.2) is 0 Å². The lowest BCUT2D eigenvalue weighted by Gasteiger charge is -2.40. The van der Waals surface area contributed by atoms with Crippen LogP contribution in [0.1, 0.15) is 84.6 Å². The van der Waals surface area contributed by atoms with Gasteiger partial charge in [0.05, 0.1) is 6.61 Å². The number of unbranched alkanes of at least 4 members (excludes halogenated alkanes) is 1. The standard InChI is InChI=1S/C26H44N2O/c1-6-8-15-27-16-18-28(19-17-27)25-20-23(29-7-2)13-14-24(25)21-9-11-22(12-10-21)26(3,4)5/h13-14,20-22H,6-12,15-19H2,1-5H3. The fraction of sp³-hybridized carbons (Fsp3) is 0.769. The van der Waals surface area contributed by atoms with Crippen LogP contribution in [-0.2, 0) is 0 Å². The van der Waals surface area contributed by atoms with Gasteiger partial charge in [0.1, 0.15) is 5.75 Å². The molecule has 1 aliphatic carbocycles. The van der Waals surface area contributed by atoms with Crippen LogP contribution >= 0.6 is 0 Å². The summed E-state index contributed by atoms with van der Waals surface area (Å²) in [5.41, 5.74) is 3.47. The molecule has 1 saturated carbocycles. The van der Waals surface area contributed by atoms with Crippen molar-refractivity contribution in [2.45, 2.75) is 79.1 Å². The van der Waals surface area contributed by atoms with Crippen LogP contribution in [-0.4, -0.2) is 44.2 Å². The molecule has 0 radical (unpaired) electrons. The van der Waals surface area contributed by atoms with Crippen LogP contribution in [0.3, 0.4) is 0 Å². The molecule has 0 spiro atoms. The number of benzene rings is 1. The van der Waals surface area contributed by atoms with Crippen molar-refractivity contribution in [2.24, 2.45) is 11.3 Å². The molecule has 3 rings (SSSR count). The molecule has 0 amide bonds. The first-order valence-electron chi connectivity index (χ1n) is 12.2. The maximum atomic E-state index is 5.88. The van der Waals surface area contributed by atoms with E-state index in [1.807, 2.05) is 0 Å². The highest BCUT2D eigenvalue weighted by molar-refractivity contribution is 5.59. The molecule has 1 saturated heterocycles. The summed E-state index contributed by atoms with van der Waals surface area (Å²) >= 11 is 0. The number of nitrogens with zero attached hydrogens (tertiary/aromatic N) is 2. The van der Waals surface area contributed by atoms with Crippen molar-refractivity contribution in [3.05, 3.63) is 23.8 Å². The minimum atomic E-state index is 0.446. The van der Waals surface area contributed by atoms with E-state index < -0.39 is 0 Å². The van der Waals surface area contributed by atoms with Crippen molar-refractivity contribution in [1.82, 2.24) is 4.90 Å². The van der Waals surface area contributed by atoms with Gasteiger partial charge in [-0.1, -0.05) is 40.2 Å². The Morgan fingerprint density at radius 3 is 2.24 bits per heavy atom. The van der Waals surface area contributed by atoms with Crippen LogP contribution in [0.25, 0.3) is 0 Å². The smallest absolute Gasteiger partial charge is 0.121 e. The SMILES string of the molecule is CCCCN1CCN(c2cc(OCC)ccc2C2CCC(C(C)(C)C)CC2)CC1. The summed E-state index contributed by atoms with van der Waals surface area (Å²) in [6.45, 7) is 18.3. The lowest BCUT2D eigenvalue weighted by molar-refractivity contribution is 0.169. The zero-order valence-corrected chi connectivity index (χ0v) is 19.7. The minimum Gasteiger partial charge on any atom is -0.494 e. The summed E-state index contributed by atoms with van der Waals surface area (Å²) in [6.07, 6.45) is 8.01. The number of hydrogen-bond donors (Lipinski definition) is 0. The Morgan fingerprint density at radius 1 is 0.966 bits per heavy atom. The van der Waals surface area contributed by atoms with Crippen LogP contribution < -0.4 is 9.64 Å². The van der Waals surface area contributed by atoms with E-state index in [1.54, 1.807) is 5.56 Å². The molecule has 0 bridgehead atoms. The third kappa shape index (κ3) is 5.90. The number of anilines is 1. The molecule has 1 aliphatic heterocycles. The zero-order valence-electron chi connectivity index (χ0n) is 19.7. The molecular formula is C26H44N2O. The van der Waals surface area contributed by atoms with E-state index in [0.717, 1.165) is 31.4 Å². The molecule has 2 aliphatic rings. The van der Waals surface area contributed by atoms with Crippen molar-refractivity contribution in [3.8, 4) is 5.75 Å². The number of ether oxygens (including phenoxy) is 1. The van der Waals surface area contributed by atoms with Gasteiger partial charge in [0, 0.05) is 37.9 Å². The lowest BCUT2D eigenvalue weighted by atomic mass is 9.68. The van der Waals surface area contributed by atoms with E-state index in [4.69, 9.17) is 4.74 Å². The monoisotopic (exact) mass is 400 g/mol. The zero-order chi connectivity index (χ0) is 20.9. The molecule has 2 fully saturated rings. The van der Waals surface area contributed by atoms with E-state index in [0.29, 0.717) is 11.3 Å². The predicted octanol–water partition coefficient (Wildman–Crippen LogP) is 6.33. The molecule has 1 aromatic carbocycles. The van der Waals surface area contributed by atoms with Crippen LogP contribution in [0.15, 0.2) is 18.2 Å². The van der Waals surface area contributed by atoms with E-state index in [-0.39, 0.29) is 0 Å². The Hall–Kier alpha value is -1.22. The summed E-state index contributed by atoms with van der Waals surface area (Å²) in [7, 11) is 0. The predicted molar refractivity (Wildman–Crippen MR) is 125 cm³/mol. The van der Waals surface area contributed by atoms with E-state index in [9.17, 15) is 0 Å². The van der Waals surface area contributed by atoms with Crippen molar-refractivity contribution in [2.75, 3.05) is 44.2 Å².